The maximum Gasteiger partial charge on any atom is 0.232 e. The Morgan fingerprint density at radius 2 is 1.86 bits per heavy atom. The first kappa shape index (κ1) is 17.1. The maximum atomic E-state index is 12.0. The van der Waals surface area contributed by atoms with Gasteiger partial charge in [0.05, 0.1) is 11.9 Å². The van der Waals surface area contributed by atoms with Crippen molar-refractivity contribution in [2.45, 2.75) is 38.1 Å². The molecule has 2 rings (SSSR count). The van der Waals surface area contributed by atoms with Crippen LogP contribution in [0.5, 0.6) is 0 Å². The lowest BCUT2D eigenvalue weighted by Crippen LogP contribution is -2.37. The topological polar surface area (TPSA) is 66.5 Å². The zero-order valence-corrected chi connectivity index (χ0v) is 14.2. The first-order chi connectivity index (χ1) is 10.4. The molecular weight excluding hydrogens is 324 g/mol. The second-order valence-electron chi connectivity index (χ2n) is 5.61. The minimum Gasteiger partial charge on any atom is -0.353 e. The van der Waals surface area contributed by atoms with E-state index in [1.54, 1.807) is 24.3 Å². The molecule has 1 aliphatic rings. The molecule has 1 aliphatic carbocycles. The zero-order valence-electron chi connectivity index (χ0n) is 12.6. The van der Waals surface area contributed by atoms with Gasteiger partial charge in [0.2, 0.25) is 15.9 Å². The molecule has 0 aromatic heterocycles. The van der Waals surface area contributed by atoms with Crippen LogP contribution in [0.2, 0.25) is 5.02 Å². The Balaban J connectivity index is 1.98. The molecule has 0 aliphatic heterocycles. The van der Waals surface area contributed by atoms with Gasteiger partial charge in [0, 0.05) is 24.0 Å². The van der Waals surface area contributed by atoms with Crippen LogP contribution in [0.3, 0.4) is 0 Å². The van der Waals surface area contributed by atoms with Crippen LogP contribution in [0.25, 0.3) is 0 Å². The van der Waals surface area contributed by atoms with Gasteiger partial charge in [0.15, 0.2) is 0 Å². The van der Waals surface area contributed by atoms with Crippen LogP contribution in [-0.2, 0) is 14.8 Å². The normalized spacial score (nSPS) is 15.7. The van der Waals surface area contributed by atoms with Gasteiger partial charge in [-0.2, -0.15) is 0 Å². The largest absolute Gasteiger partial charge is 0.353 e. The molecule has 7 heteroatoms. The highest BCUT2D eigenvalue weighted by Crippen LogP contribution is 2.21. The number of benzene rings is 1. The fourth-order valence-electron chi connectivity index (χ4n) is 2.67. The van der Waals surface area contributed by atoms with Gasteiger partial charge in [-0.3, -0.25) is 9.10 Å². The van der Waals surface area contributed by atoms with Crippen molar-refractivity contribution in [1.82, 2.24) is 5.32 Å². The molecule has 1 aromatic rings. The van der Waals surface area contributed by atoms with Gasteiger partial charge in [0.1, 0.15) is 0 Å². The van der Waals surface area contributed by atoms with E-state index in [9.17, 15) is 13.2 Å². The van der Waals surface area contributed by atoms with Crippen molar-refractivity contribution in [1.29, 1.82) is 0 Å². The Labute approximate surface area is 136 Å². The fraction of sp³-hybridized carbons (Fsp3) is 0.533. The van der Waals surface area contributed by atoms with Crippen molar-refractivity contribution in [3.63, 3.8) is 0 Å². The molecule has 0 atom stereocenters. The first-order valence-electron chi connectivity index (χ1n) is 7.39. The highest BCUT2D eigenvalue weighted by molar-refractivity contribution is 7.92. The zero-order chi connectivity index (χ0) is 16.2. The summed E-state index contributed by atoms with van der Waals surface area (Å²) in [5, 5.41) is 3.50. The van der Waals surface area contributed by atoms with E-state index in [1.165, 1.54) is 4.31 Å². The predicted octanol–water partition coefficient (Wildman–Crippen LogP) is 2.55. The van der Waals surface area contributed by atoms with E-state index in [1.807, 2.05) is 0 Å². The molecule has 0 heterocycles. The highest BCUT2D eigenvalue weighted by atomic mass is 35.5. The molecule has 1 aromatic carbocycles. The second-order valence-corrected chi connectivity index (χ2v) is 7.95. The molecule has 0 saturated heterocycles. The monoisotopic (exact) mass is 344 g/mol. The van der Waals surface area contributed by atoms with E-state index in [4.69, 9.17) is 11.6 Å². The van der Waals surface area contributed by atoms with Crippen LogP contribution in [0, 0.1) is 0 Å². The summed E-state index contributed by atoms with van der Waals surface area (Å²) in [7, 11) is -3.44. The Hall–Kier alpha value is -1.27. The van der Waals surface area contributed by atoms with E-state index in [2.05, 4.69) is 5.32 Å². The third-order valence-electron chi connectivity index (χ3n) is 3.78. The maximum absolute atomic E-state index is 12.0. The van der Waals surface area contributed by atoms with E-state index in [-0.39, 0.29) is 24.9 Å². The van der Waals surface area contributed by atoms with Gasteiger partial charge >= 0.3 is 0 Å². The minimum absolute atomic E-state index is 0.102. The van der Waals surface area contributed by atoms with Crippen molar-refractivity contribution in [2.75, 3.05) is 17.1 Å². The summed E-state index contributed by atoms with van der Waals surface area (Å²) in [5.41, 5.74) is 0.514. The molecule has 0 bridgehead atoms. The number of hydrogen-bond acceptors (Lipinski definition) is 3. The van der Waals surface area contributed by atoms with E-state index >= 15 is 0 Å². The van der Waals surface area contributed by atoms with Gasteiger partial charge in [-0.15, -0.1) is 0 Å². The van der Waals surface area contributed by atoms with Crippen LogP contribution in [-0.4, -0.2) is 33.2 Å². The summed E-state index contributed by atoms with van der Waals surface area (Å²) in [4.78, 5) is 12.0. The summed E-state index contributed by atoms with van der Waals surface area (Å²) in [5.74, 6) is -0.102. The third kappa shape index (κ3) is 4.88. The number of carbonyl (C=O) groups excluding carboxylic acids is 1. The average molecular weight is 345 g/mol. The van der Waals surface area contributed by atoms with Crippen molar-refractivity contribution < 1.29 is 13.2 Å². The molecule has 5 nitrogen and oxygen atoms in total. The molecule has 1 saturated carbocycles. The van der Waals surface area contributed by atoms with Crippen molar-refractivity contribution >= 4 is 33.2 Å². The molecule has 0 spiro atoms. The quantitative estimate of drug-likeness (QED) is 0.862. The number of nitrogens with one attached hydrogen (secondary N) is 1. The van der Waals surface area contributed by atoms with E-state index in [0.29, 0.717) is 10.7 Å². The number of sulfonamides is 1. The van der Waals surface area contributed by atoms with Crippen molar-refractivity contribution in [3.05, 3.63) is 29.3 Å². The Morgan fingerprint density at radius 1 is 1.27 bits per heavy atom. The highest BCUT2D eigenvalue weighted by Gasteiger charge is 2.21. The van der Waals surface area contributed by atoms with Crippen LogP contribution in [0.15, 0.2) is 24.3 Å². The van der Waals surface area contributed by atoms with Gasteiger partial charge in [0.25, 0.3) is 0 Å². The van der Waals surface area contributed by atoms with Crippen LogP contribution in [0.1, 0.15) is 32.1 Å². The number of nitrogens with zero attached hydrogens (tertiary/aromatic N) is 1. The first-order valence-corrected chi connectivity index (χ1v) is 9.61. The lowest BCUT2D eigenvalue weighted by atomic mass is 10.2. The smallest absolute Gasteiger partial charge is 0.232 e. The Morgan fingerprint density at radius 3 is 2.41 bits per heavy atom. The minimum atomic E-state index is -3.44. The molecule has 1 amide bonds. The number of amides is 1. The number of hydrogen-bond donors (Lipinski definition) is 1. The van der Waals surface area contributed by atoms with E-state index in [0.717, 1.165) is 31.9 Å². The Kier molecular flexibility index (Phi) is 5.69. The SMILES string of the molecule is CS(=O)(=O)N(CCC(=O)NC1CCCC1)c1ccc(Cl)cc1. The number of carbonyl (C=O) groups is 1. The lowest BCUT2D eigenvalue weighted by Gasteiger charge is -2.22. The van der Waals surface area contributed by atoms with Gasteiger partial charge in [-0.05, 0) is 37.1 Å². The molecular formula is C15H21ClN2O3S. The van der Waals surface area contributed by atoms with Gasteiger partial charge in [-0.1, -0.05) is 24.4 Å². The average Bonchev–Trinajstić information content (AvgIpc) is 2.92. The number of rotatable bonds is 6. The predicted molar refractivity (Wildman–Crippen MR) is 88.7 cm³/mol. The molecule has 1 fully saturated rings. The lowest BCUT2D eigenvalue weighted by molar-refractivity contribution is -0.121. The van der Waals surface area contributed by atoms with Crippen LogP contribution < -0.4 is 9.62 Å². The standard InChI is InChI=1S/C15H21ClN2O3S/c1-22(20,21)18(14-8-6-12(16)7-9-14)11-10-15(19)17-13-4-2-3-5-13/h6-9,13H,2-5,10-11H2,1H3,(H,17,19). The summed E-state index contributed by atoms with van der Waals surface area (Å²) < 4.78 is 25.1. The van der Waals surface area contributed by atoms with Gasteiger partial charge < -0.3 is 5.32 Å². The van der Waals surface area contributed by atoms with E-state index < -0.39 is 10.0 Å². The van der Waals surface area contributed by atoms with Crippen LogP contribution >= 0.6 is 11.6 Å². The van der Waals surface area contributed by atoms with Gasteiger partial charge in [-0.25, -0.2) is 8.42 Å². The van der Waals surface area contributed by atoms with Crippen molar-refractivity contribution in [2.24, 2.45) is 0 Å². The summed E-state index contributed by atoms with van der Waals surface area (Å²) in [6.07, 6.45) is 5.59. The molecule has 122 valence electrons. The molecule has 1 N–H and O–H groups in total. The van der Waals surface area contributed by atoms with Crippen molar-refractivity contribution in [3.8, 4) is 0 Å². The summed E-state index contributed by atoms with van der Waals surface area (Å²) >= 11 is 5.82. The molecule has 22 heavy (non-hydrogen) atoms. The number of halogens is 1. The molecule has 0 radical (unpaired) electrons. The summed E-state index contributed by atoms with van der Waals surface area (Å²) in [6, 6.07) is 6.78. The fourth-order valence-corrected chi connectivity index (χ4v) is 3.72. The Bertz CT molecular complexity index is 610. The third-order valence-corrected chi connectivity index (χ3v) is 5.22. The summed E-state index contributed by atoms with van der Waals surface area (Å²) in [6.45, 7) is 0.124. The van der Waals surface area contributed by atoms with Crippen LogP contribution in [0.4, 0.5) is 5.69 Å². The molecule has 0 unspecified atom stereocenters. The number of anilines is 1. The second kappa shape index (κ2) is 7.33.